The molecule has 1 fully saturated rings. The molecule has 0 radical (unpaired) electrons. The van der Waals surface area contributed by atoms with E-state index in [1.807, 2.05) is 0 Å². The van der Waals surface area contributed by atoms with Crippen molar-refractivity contribution in [2.75, 3.05) is 13.7 Å². The van der Waals surface area contributed by atoms with Crippen molar-refractivity contribution in [1.29, 1.82) is 0 Å². The minimum atomic E-state index is 0.623. The van der Waals surface area contributed by atoms with Gasteiger partial charge in [0.25, 0.3) is 0 Å². The molecule has 1 aliphatic carbocycles. The first-order chi connectivity index (χ1) is 6.15. The zero-order valence-electron chi connectivity index (χ0n) is 9.34. The van der Waals surface area contributed by atoms with Crippen molar-refractivity contribution in [3.8, 4) is 0 Å². The molecule has 13 heavy (non-hydrogen) atoms. The fraction of sp³-hybridized carbons (Fsp3) is 1.00. The molecular formula is C11H23NO. The summed E-state index contributed by atoms with van der Waals surface area (Å²) >= 11 is 0. The van der Waals surface area contributed by atoms with Crippen molar-refractivity contribution in [2.24, 2.45) is 11.8 Å². The quantitative estimate of drug-likeness (QED) is 0.684. The highest BCUT2D eigenvalue weighted by Crippen LogP contribution is 2.23. The van der Waals surface area contributed by atoms with Crippen molar-refractivity contribution in [3.05, 3.63) is 0 Å². The molecule has 3 atom stereocenters. The highest BCUT2D eigenvalue weighted by molar-refractivity contribution is 4.85. The summed E-state index contributed by atoms with van der Waals surface area (Å²) in [6, 6.07) is 1.44. The fourth-order valence-corrected chi connectivity index (χ4v) is 1.68. The lowest BCUT2D eigenvalue weighted by atomic mass is 9.90. The van der Waals surface area contributed by atoms with Crippen LogP contribution in [0.15, 0.2) is 0 Å². The van der Waals surface area contributed by atoms with Gasteiger partial charge < -0.3 is 10.1 Å². The zero-order chi connectivity index (χ0) is 9.84. The number of methoxy groups -OCH3 is 1. The lowest BCUT2D eigenvalue weighted by Crippen LogP contribution is -2.37. The Morgan fingerprint density at radius 3 is 2.38 bits per heavy atom. The maximum absolute atomic E-state index is 5.17. The highest BCUT2D eigenvalue weighted by Gasteiger charge is 2.26. The molecule has 0 amide bonds. The third-order valence-corrected chi connectivity index (χ3v) is 3.19. The van der Waals surface area contributed by atoms with Gasteiger partial charge in [-0.15, -0.1) is 0 Å². The van der Waals surface area contributed by atoms with Gasteiger partial charge in [0.05, 0.1) is 0 Å². The maximum Gasteiger partial charge on any atom is 0.0490 e. The molecule has 0 spiro atoms. The second kappa shape index (κ2) is 4.97. The van der Waals surface area contributed by atoms with Crippen molar-refractivity contribution < 1.29 is 4.74 Å². The van der Waals surface area contributed by atoms with Crippen molar-refractivity contribution in [1.82, 2.24) is 5.32 Å². The number of nitrogens with one attached hydrogen (secondary N) is 1. The number of hydrogen-bond acceptors (Lipinski definition) is 2. The first-order valence-corrected chi connectivity index (χ1v) is 5.40. The summed E-state index contributed by atoms with van der Waals surface area (Å²) in [4.78, 5) is 0. The van der Waals surface area contributed by atoms with E-state index in [0.717, 1.165) is 12.6 Å². The second-order valence-electron chi connectivity index (χ2n) is 4.52. The van der Waals surface area contributed by atoms with Gasteiger partial charge in [0.15, 0.2) is 0 Å². The predicted octanol–water partition coefficient (Wildman–Crippen LogP) is 2.05. The maximum atomic E-state index is 5.17. The monoisotopic (exact) mass is 185 g/mol. The Morgan fingerprint density at radius 1 is 1.31 bits per heavy atom. The van der Waals surface area contributed by atoms with Crippen LogP contribution in [0, 0.1) is 11.8 Å². The molecule has 0 heterocycles. The van der Waals surface area contributed by atoms with Gasteiger partial charge in [0.1, 0.15) is 0 Å². The standard InChI is InChI=1S/C11H23NO/c1-8(7-13-4)9(2)10(3)12-11-5-6-11/h8-12H,5-7H2,1-4H3. The van der Waals surface area contributed by atoms with Crippen LogP contribution < -0.4 is 5.32 Å². The van der Waals surface area contributed by atoms with Crippen LogP contribution in [0.4, 0.5) is 0 Å². The summed E-state index contributed by atoms with van der Waals surface area (Å²) in [6.07, 6.45) is 2.74. The topological polar surface area (TPSA) is 21.3 Å². The lowest BCUT2D eigenvalue weighted by Gasteiger charge is -2.26. The second-order valence-corrected chi connectivity index (χ2v) is 4.52. The summed E-state index contributed by atoms with van der Waals surface area (Å²) in [5.41, 5.74) is 0. The van der Waals surface area contributed by atoms with Gasteiger partial charge in [0.2, 0.25) is 0 Å². The van der Waals surface area contributed by atoms with E-state index in [-0.39, 0.29) is 0 Å². The molecule has 2 heteroatoms. The highest BCUT2D eigenvalue weighted by atomic mass is 16.5. The average Bonchev–Trinajstić information content (AvgIpc) is 2.87. The van der Waals surface area contributed by atoms with Gasteiger partial charge in [-0.2, -0.15) is 0 Å². The Hall–Kier alpha value is -0.0800. The van der Waals surface area contributed by atoms with Crippen LogP contribution in [0.3, 0.4) is 0 Å². The Kier molecular flexibility index (Phi) is 4.20. The molecule has 1 rings (SSSR count). The molecule has 0 aromatic carbocycles. The largest absolute Gasteiger partial charge is 0.384 e. The fourth-order valence-electron chi connectivity index (χ4n) is 1.68. The summed E-state index contributed by atoms with van der Waals surface area (Å²) < 4.78 is 5.17. The van der Waals surface area contributed by atoms with Crippen LogP contribution in [0.5, 0.6) is 0 Å². The van der Waals surface area contributed by atoms with E-state index in [2.05, 4.69) is 26.1 Å². The first kappa shape index (κ1) is 11.0. The summed E-state index contributed by atoms with van der Waals surface area (Å²) in [5.74, 6) is 1.34. The molecular weight excluding hydrogens is 162 g/mol. The molecule has 2 nitrogen and oxygen atoms in total. The predicted molar refractivity (Wildman–Crippen MR) is 55.8 cm³/mol. The molecule has 0 bridgehead atoms. The van der Waals surface area contributed by atoms with Crippen LogP contribution in [0.25, 0.3) is 0 Å². The van der Waals surface area contributed by atoms with Gasteiger partial charge >= 0.3 is 0 Å². The van der Waals surface area contributed by atoms with Gasteiger partial charge in [-0.25, -0.2) is 0 Å². The van der Waals surface area contributed by atoms with E-state index >= 15 is 0 Å². The number of rotatable bonds is 6. The van der Waals surface area contributed by atoms with Gasteiger partial charge in [-0.3, -0.25) is 0 Å². The minimum Gasteiger partial charge on any atom is -0.384 e. The molecule has 1 saturated carbocycles. The van der Waals surface area contributed by atoms with Gasteiger partial charge in [-0.1, -0.05) is 13.8 Å². The van der Waals surface area contributed by atoms with E-state index in [4.69, 9.17) is 4.74 Å². The van der Waals surface area contributed by atoms with Crippen LogP contribution >= 0.6 is 0 Å². The minimum absolute atomic E-state index is 0.623. The van der Waals surface area contributed by atoms with Crippen LogP contribution in [-0.2, 0) is 4.74 Å². The Labute approximate surface area is 82.0 Å². The van der Waals surface area contributed by atoms with Gasteiger partial charge in [0, 0.05) is 25.8 Å². The van der Waals surface area contributed by atoms with Crippen LogP contribution in [0.1, 0.15) is 33.6 Å². The Bertz CT molecular complexity index is 145. The average molecular weight is 185 g/mol. The van der Waals surface area contributed by atoms with E-state index < -0.39 is 0 Å². The van der Waals surface area contributed by atoms with E-state index in [9.17, 15) is 0 Å². The van der Waals surface area contributed by atoms with Crippen molar-refractivity contribution in [3.63, 3.8) is 0 Å². The van der Waals surface area contributed by atoms with E-state index in [1.165, 1.54) is 12.8 Å². The molecule has 0 saturated heterocycles. The lowest BCUT2D eigenvalue weighted by molar-refractivity contribution is 0.122. The van der Waals surface area contributed by atoms with Crippen molar-refractivity contribution in [2.45, 2.75) is 45.7 Å². The first-order valence-electron chi connectivity index (χ1n) is 5.40. The Morgan fingerprint density at radius 2 is 1.92 bits per heavy atom. The number of ether oxygens (including phenoxy) is 1. The normalized spacial score (nSPS) is 24.0. The zero-order valence-corrected chi connectivity index (χ0v) is 9.34. The molecule has 0 aromatic heterocycles. The molecule has 3 unspecified atom stereocenters. The molecule has 1 N–H and O–H groups in total. The molecule has 0 aliphatic heterocycles. The summed E-state index contributed by atoms with van der Waals surface area (Å²) in [6.45, 7) is 7.73. The smallest absolute Gasteiger partial charge is 0.0490 e. The molecule has 1 aliphatic rings. The number of hydrogen-bond donors (Lipinski definition) is 1. The molecule has 78 valence electrons. The van der Waals surface area contributed by atoms with E-state index in [1.54, 1.807) is 7.11 Å². The summed E-state index contributed by atoms with van der Waals surface area (Å²) in [7, 11) is 1.78. The van der Waals surface area contributed by atoms with Crippen LogP contribution in [-0.4, -0.2) is 25.8 Å². The SMILES string of the molecule is COCC(C)C(C)C(C)NC1CC1. The third-order valence-electron chi connectivity index (χ3n) is 3.19. The third kappa shape index (κ3) is 3.65. The van der Waals surface area contributed by atoms with E-state index in [0.29, 0.717) is 17.9 Å². The molecule has 0 aromatic rings. The summed E-state index contributed by atoms with van der Waals surface area (Å²) in [5, 5.41) is 3.64. The van der Waals surface area contributed by atoms with Crippen molar-refractivity contribution >= 4 is 0 Å². The van der Waals surface area contributed by atoms with Crippen LogP contribution in [0.2, 0.25) is 0 Å². The Balaban J connectivity index is 2.21. The van der Waals surface area contributed by atoms with Gasteiger partial charge in [-0.05, 0) is 31.6 Å².